The molecule has 0 bridgehead atoms. The average molecular weight is 276 g/mol. The lowest BCUT2D eigenvalue weighted by molar-refractivity contribution is -0.134. The molecule has 1 aromatic carbocycles. The van der Waals surface area contributed by atoms with Gasteiger partial charge in [-0.25, -0.2) is 0 Å². The van der Waals surface area contributed by atoms with E-state index in [0.29, 0.717) is 0 Å². The third-order valence-corrected chi connectivity index (χ3v) is 3.78. The summed E-state index contributed by atoms with van der Waals surface area (Å²) < 4.78 is 5.65. The van der Waals surface area contributed by atoms with Crippen LogP contribution >= 0.6 is 0 Å². The first-order valence-electron chi connectivity index (χ1n) is 7.34. The van der Waals surface area contributed by atoms with Gasteiger partial charge in [-0.1, -0.05) is 12.1 Å². The van der Waals surface area contributed by atoms with Gasteiger partial charge in [0.15, 0.2) is 6.61 Å². The fraction of sp³-hybridized carbons (Fsp3) is 0.562. The van der Waals surface area contributed by atoms with Crippen LogP contribution in [0.5, 0.6) is 5.75 Å². The summed E-state index contributed by atoms with van der Waals surface area (Å²) in [7, 11) is 0. The maximum Gasteiger partial charge on any atom is 0.260 e. The standard InChI is InChI=1S/C16H24N2O2/c1-12-10-14(13(2)17)6-7-15(12)20-11-16(19)18-8-4-3-5-9-18/h6-7,10,13H,3-5,8-9,11,17H2,1-2H3/t13-/m1/s1. The lowest BCUT2D eigenvalue weighted by Gasteiger charge is -2.26. The zero-order chi connectivity index (χ0) is 14.5. The molecule has 0 radical (unpaired) electrons. The van der Waals surface area contributed by atoms with Gasteiger partial charge in [-0.05, 0) is 50.3 Å². The van der Waals surface area contributed by atoms with Gasteiger partial charge in [0.2, 0.25) is 0 Å². The van der Waals surface area contributed by atoms with Crippen LogP contribution in [0.3, 0.4) is 0 Å². The van der Waals surface area contributed by atoms with Gasteiger partial charge >= 0.3 is 0 Å². The van der Waals surface area contributed by atoms with E-state index in [-0.39, 0.29) is 18.6 Å². The molecule has 0 saturated carbocycles. The molecule has 0 unspecified atom stereocenters. The van der Waals surface area contributed by atoms with E-state index in [2.05, 4.69) is 0 Å². The first-order valence-corrected chi connectivity index (χ1v) is 7.34. The molecular formula is C16H24N2O2. The number of carbonyl (C=O) groups excluding carboxylic acids is 1. The topological polar surface area (TPSA) is 55.6 Å². The number of carbonyl (C=O) groups is 1. The quantitative estimate of drug-likeness (QED) is 0.918. The van der Waals surface area contributed by atoms with Crippen molar-refractivity contribution in [3.8, 4) is 5.75 Å². The minimum atomic E-state index is 0.0118. The Labute approximate surface area is 120 Å². The van der Waals surface area contributed by atoms with Crippen molar-refractivity contribution in [1.82, 2.24) is 4.90 Å². The maximum absolute atomic E-state index is 12.0. The number of rotatable bonds is 4. The van der Waals surface area contributed by atoms with Crippen molar-refractivity contribution in [2.45, 2.75) is 39.2 Å². The SMILES string of the molecule is Cc1cc([C@@H](C)N)ccc1OCC(=O)N1CCCCC1. The van der Waals surface area contributed by atoms with Crippen LogP contribution in [0.4, 0.5) is 0 Å². The van der Waals surface area contributed by atoms with E-state index in [0.717, 1.165) is 42.8 Å². The zero-order valence-corrected chi connectivity index (χ0v) is 12.4. The van der Waals surface area contributed by atoms with Crippen molar-refractivity contribution in [2.75, 3.05) is 19.7 Å². The molecule has 0 aliphatic carbocycles. The minimum Gasteiger partial charge on any atom is -0.484 e. The summed E-state index contributed by atoms with van der Waals surface area (Å²) in [6.45, 7) is 5.79. The lowest BCUT2D eigenvalue weighted by Crippen LogP contribution is -2.38. The smallest absolute Gasteiger partial charge is 0.260 e. The van der Waals surface area contributed by atoms with E-state index in [1.54, 1.807) is 0 Å². The Balaban J connectivity index is 1.91. The van der Waals surface area contributed by atoms with Crippen LogP contribution in [-0.4, -0.2) is 30.5 Å². The van der Waals surface area contributed by atoms with Crippen LogP contribution in [-0.2, 0) is 4.79 Å². The Morgan fingerprint density at radius 3 is 2.65 bits per heavy atom. The Morgan fingerprint density at radius 2 is 2.05 bits per heavy atom. The lowest BCUT2D eigenvalue weighted by atomic mass is 10.1. The van der Waals surface area contributed by atoms with Crippen molar-refractivity contribution < 1.29 is 9.53 Å². The highest BCUT2D eigenvalue weighted by Gasteiger charge is 2.17. The number of hydrogen-bond donors (Lipinski definition) is 1. The zero-order valence-electron chi connectivity index (χ0n) is 12.4. The van der Waals surface area contributed by atoms with Gasteiger partial charge in [0.25, 0.3) is 5.91 Å². The van der Waals surface area contributed by atoms with Crippen molar-refractivity contribution >= 4 is 5.91 Å². The number of piperidine rings is 1. The number of hydrogen-bond acceptors (Lipinski definition) is 3. The number of amides is 1. The van der Waals surface area contributed by atoms with Crippen LogP contribution in [0.15, 0.2) is 18.2 Å². The van der Waals surface area contributed by atoms with E-state index in [1.807, 2.05) is 36.9 Å². The van der Waals surface area contributed by atoms with Crippen molar-refractivity contribution in [3.05, 3.63) is 29.3 Å². The number of benzene rings is 1. The second-order valence-electron chi connectivity index (χ2n) is 5.54. The second-order valence-corrected chi connectivity index (χ2v) is 5.54. The first kappa shape index (κ1) is 14.9. The molecule has 2 N–H and O–H groups in total. The van der Waals surface area contributed by atoms with E-state index in [4.69, 9.17) is 10.5 Å². The van der Waals surface area contributed by atoms with E-state index < -0.39 is 0 Å². The third kappa shape index (κ3) is 3.73. The van der Waals surface area contributed by atoms with Gasteiger partial charge in [0.05, 0.1) is 0 Å². The molecule has 4 nitrogen and oxygen atoms in total. The highest BCUT2D eigenvalue weighted by molar-refractivity contribution is 5.77. The highest BCUT2D eigenvalue weighted by Crippen LogP contribution is 2.22. The molecule has 1 heterocycles. The number of nitrogens with two attached hydrogens (primary N) is 1. The number of ether oxygens (including phenoxy) is 1. The predicted molar refractivity (Wildman–Crippen MR) is 79.7 cm³/mol. The highest BCUT2D eigenvalue weighted by atomic mass is 16.5. The van der Waals surface area contributed by atoms with Gasteiger partial charge in [0, 0.05) is 19.1 Å². The number of nitrogens with zero attached hydrogens (tertiary/aromatic N) is 1. The summed E-state index contributed by atoms with van der Waals surface area (Å²) >= 11 is 0. The van der Waals surface area contributed by atoms with Crippen LogP contribution in [0, 0.1) is 6.92 Å². The molecule has 1 atom stereocenters. The van der Waals surface area contributed by atoms with E-state index >= 15 is 0 Å². The Kier molecular flexibility index (Phi) is 5.01. The molecule has 0 spiro atoms. The van der Waals surface area contributed by atoms with Crippen molar-refractivity contribution in [3.63, 3.8) is 0 Å². The average Bonchev–Trinajstić information content (AvgIpc) is 2.46. The van der Waals surface area contributed by atoms with Crippen LogP contribution in [0.1, 0.15) is 43.4 Å². The summed E-state index contributed by atoms with van der Waals surface area (Å²) in [6.07, 6.45) is 3.43. The molecule has 0 aromatic heterocycles. The van der Waals surface area contributed by atoms with Crippen LogP contribution in [0.25, 0.3) is 0 Å². The molecule has 1 saturated heterocycles. The third-order valence-electron chi connectivity index (χ3n) is 3.78. The number of aryl methyl sites for hydroxylation is 1. The normalized spacial score (nSPS) is 16.9. The van der Waals surface area contributed by atoms with Crippen LogP contribution in [0.2, 0.25) is 0 Å². The molecule has 1 aromatic rings. The van der Waals surface area contributed by atoms with E-state index in [9.17, 15) is 4.79 Å². The van der Waals surface area contributed by atoms with Gasteiger partial charge in [0.1, 0.15) is 5.75 Å². The molecule has 4 heteroatoms. The minimum absolute atomic E-state index is 0.0118. The fourth-order valence-corrected chi connectivity index (χ4v) is 2.49. The van der Waals surface area contributed by atoms with Crippen molar-refractivity contribution in [2.24, 2.45) is 5.73 Å². The fourth-order valence-electron chi connectivity index (χ4n) is 2.49. The first-order chi connectivity index (χ1) is 9.58. The molecule has 2 rings (SSSR count). The number of likely N-dealkylation sites (tertiary alicyclic amines) is 1. The van der Waals surface area contributed by atoms with Gasteiger partial charge < -0.3 is 15.4 Å². The van der Waals surface area contributed by atoms with Gasteiger partial charge in [-0.15, -0.1) is 0 Å². The molecule has 20 heavy (non-hydrogen) atoms. The molecule has 1 aliphatic rings. The largest absolute Gasteiger partial charge is 0.484 e. The second kappa shape index (κ2) is 6.75. The summed E-state index contributed by atoms with van der Waals surface area (Å²) in [5.41, 5.74) is 7.95. The molecule has 1 amide bonds. The summed E-state index contributed by atoms with van der Waals surface area (Å²) in [6, 6.07) is 5.89. The van der Waals surface area contributed by atoms with Gasteiger partial charge in [-0.3, -0.25) is 4.79 Å². The monoisotopic (exact) mass is 276 g/mol. The Bertz CT molecular complexity index is 466. The Morgan fingerprint density at radius 1 is 1.35 bits per heavy atom. The van der Waals surface area contributed by atoms with E-state index in [1.165, 1.54) is 6.42 Å². The molecule has 110 valence electrons. The Hall–Kier alpha value is -1.55. The molecule has 1 fully saturated rings. The molecule has 1 aliphatic heterocycles. The van der Waals surface area contributed by atoms with Gasteiger partial charge in [-0.2, -0.15) is 0 Å². The maximum atomic E-state index is 12.0. The van der Waals surface area contributed by atoms with Crippen LogP contribution < -0.4 is 10.5 Å². The predicted octanol–water partition coefficient (Wildman–Crippen LogP) is 2.41. The summed E-state index contributed by atoms with van der Waals surface area (Å²) in [4.78, 5) is 13.9. The van der Waals surface area contributed by atoms with Crippen molar-refractivity contribution in [1.29, 1.82) is 0 Å². The summed E-state index contributed by atoms with van der Waals surface area (Å²) in [5.74, 6) is 0.847. The molecular weight excluding hydrogens is 252 g/mol. The summed E-state index contributed by atoms with van der Waals surface area (Å²) in [5, 5.41) is 0.